The summed E-state index contributed by atoms with van der Waals surface area (Å²) in [5.74, 6) is 1.18. The molecule has 1 fully saturated rings. The highest BCUT2D eigenvalue weighted by Gasteiger charge is 2.27. The molecule has 0 bridgehead atoms. The van der Waals surface area contributed by atoms with E-state index in [1.54, 1.807) is 14.0 Å². The van der Waals surface area contributed by atoms with E-state index in [1.165, 1.54) is 11.3 Å². The number of methoxy groups -OCH3 is 1. The third-order valence-corrected chi connectivity index (χ3v) is 6.70. The fraction of sp³-hybridized carbons (Fsp3) is 0.333. The van der Waals surface area contributed by atoms with E-state index in [4.69, 9.17) is 4.74 Å². The number of nitrogens with zero attached hydrogens (tertiary/aromatic N) is 1. The number of benzene rings is 2. The normalized spacial score (nSPS) is 17.4. The lowest BCUT2D eigenvalue weighted by Crippen LogP contribution is -2.38. The number of thiophene rings is 1. The molecule has 4 nitrogen and oxygen atoms in total. The van der Waals surface area contributed by atoms with Crippen molar-refractivity contribution < 1.29 is 14.3 Å². The highest BCUT2D eigenvalue weighted by atomic mass is 32.1. The van der Waals surface area contributed by atoms with Crippen LogP contribution in [0, 0.1) is 5.92 Å². The van der Waals surface area contributed by atoms with Crippen molar-refractivity contribution in [1.29, 1.82) is 0 Å². The van der Waals surface area contributed by atoms with E-state index in [-0.39, 0.29) is 17.5 Å². The number of hydrogen-bond donors (Lipinski definition) is 0. The van der Waals surface area contributed by atoms with Gasteiger partial charge in [0.05, 0.1) is 12.0 Å². The third kappa shape index (κ3) is 4.41. The highest BCUT2D eigenvalue weighted by molar-refractivity contribution is 7.12. The van der Waals surface area contributed by atoms with Crippen molar-refractivity contribution >= 4 is 33.7 Å². The molecule has 0 amide bonds. The molecule has 29 heavy (non-hydrogen) atoms. The Morgan fingerprint density at radius 3 is 2.69 bits per heavy atom. The number of Topliss-reactive ketones (excluding diaryl/α,β-unsaturated/α-hetero) is 2. The second-order valence-corrected chi connectivity index (χ2v) is 8.65. The van der Waals surface area contributed by atoms with Gasteiger partial charge in [0.2, 0.25) is 0 Å². The van der Waals surface area contributed by atoms with E-state index in [2.05, 4.69) is 10.3 Å². The number of hydrogen-bond acceptors (Lipinski definition) is 5. The first kappa shape index (κ1) is 19.8. The van der Waals surface area contributed by atoms with Gasteiger partial charge in [-0.05, 0) is 72.3 Å². The fourth-order valence-corrected chi connectivity index (χ4v) is 4.86. The molecule has 1 aromatic heterocycles. The molecule has 1 atom stereocenters. The summed E-state index contributed by atoms with van der Waals surface area (Å²) in [7, 11) is 1.66. The molecule has 1 saturated heterocycles. The van der Waals surface area contributed by atoms with Crippen molar-refractivity contribution in [3.8, 4) is 5.75 Å². The Morgan fingerprint density at radius 1 is 1.14 bits per heavy atom. The van der Waals surface area contributed by atoms with E-state index < -0.39 is 0 Å². The first-order valence-electron chi connectivity index (χ1n) is 9.96. The molecule has 0 spiro atoms. The quantitative estimate of drug-likeness (QED) is 0.527. The van der Waals surface area contributed by atoms with Crippen LogP contribution < -0.4 is 4.74 Å². The van der Waals surface area contributed by atoms with Crippen molar-refractivity contribution in [2.45, 2.75) is 26.3 Å². The number of likely N-dealkylation sites (tertiary alicyclic amines) is 1. The first-order chi connectivity index (χ1) is 14.0. The van der Waals surface area contributed by atoms with Gasteiger partial charge in [0.15, 0.2) is 11.6 Å². The summed E-state index contributed by atoms with van der Waals surface area (Å²) < 4.78 is 5.28. The molecule has 5 heteroatoms. The number of fused-ring (bicyclic) bond motifs is 1. The van der Waals surface area contributed by atoms with Gasteiger partial charge in [-0.2, -0.15) is 0 Å². The zero-order valence-electron chi connectivity index (χ0n) is 16.8. The van der Waals surface area contributed by atoms with Crippen molar-refractivity contribution in [1.82, 2.24) is 4.90 Å². The molecule has 150 valence electrons. The maximum Gasteiger partial charge on any atom is 0.169 e. The van der Waals surface area contributed by atoms with Crippen LogP contribution in [0.15, 0.2) is 47.8 Å². The van der Waals surface area contributed by atoms with Crippen LogP contribution in [0.3, 0.4) is 0 Å². The van der Waals surface area contributed by atoms with Crippen LogP contribution in [0.2, 0.25) is 0 Å². The van der Waals surface area contributed by atoms with Gasteiger partial charge in [0, 0.05) is 24.6 Å². The van der Waals surface area contributed by atoms with Crippen molar-refractivity contribution in [3.05, 3.63) is 63.8 Å². The summed E-state index contributed by atoms with van der Waals surface area (Å²) in [5.41, 5.74) is 1.94. The third-order valence-electron chi connectivity index (χ3n) is 5.62. The standard InChI is InChI=1S/C24H25NO3S/c1-16(26)23-10-17(15-29-23)13-25-9-3-4-21(14-25)24(27)20-6-5-19-12-22(28-2)8-7-18(19)11-20/h5-8,10-12,15,21H,3-4,9,13-14H2,1-2H3/t21-/m1/s1. The van der Waals surface area contributed by atoms with Crippen LogP contribution in [0.5, 0.6) is 5.75 Å². The second kappa shape index (κ2) is 8.47. The second-order valence-electron chi connectivity index (χ2n) is 7.74. The molecule has 3 aromatic rings. The Hall–Kier alpha value is -2.50. The highest BCUT2D eigenvalue weighted by Crippen LogP contribution is 2.27. The average Bonchev–Trinajstić information content (AvgIpc) is 3.21. The molecule has 1 aliphatic rings. The SMILES string of the molecule is COc1ccc2cc(C(=O)[C@@H]3CCCN(Cc4csc(C(C)=O)c4)C3)ccc2c1. The minimum atomic E-state index is 0.0189. The van der Waals surface area contributed by atoms with Crippen LogP contribution in [0.25, 0.3) is 10.8 Å². The van der Waals surface area contributed by atoms with Crippen LogP contribution in [-0.4, -0.2) is 36.7 Å². The number of rotatable bonds is 6. The Balaban J connectivity index is 1.46. The number of ketones is 2. The monoisotopic (exact) mass is 407 g/mol. The van der Waals surface area contributed by atoms with Crippen LogP contribution in [-0.2, 0) is 6.54 Å². The van der Waals surface area contributed by atoms with Gasteiger partial charge in [0.25, 0.3) is 0 Å². The molecular formula is C24H25NO3S. The minimum Gasteiger partial charge on any atom is -0.497 e. The lowest BCUT2D eigenvalue weighted by molar-refractivity contribution is 0.0812. The summed E-state index contributed by atoms with van der Waals surface area (Å²) in [5, 5.41) is 4.18. The van der Waals surface area contributed by atoms with E-state index in [9.17, 15) is 9.59 Å². The van der Waals surface area contributed by atoms with Gasteiger partial charge in [-0.15, -0.1) is 11.3 Å². The molecule has 0 aliphatic carbocycles. The number of carbonyl (C=O) groups excluding carboxylic acids is 2. The Morgan fingerprint density at radius 2 is 1.93 bits per heavy atom. The lowest BCUT2D eigenvalue weighted by Gasteiger charge is -2.31. The van der Waals surface area contributed by atoms with Crippen molar-refractivity contribution in [2.24, 2.45) is 5.92 Å². The summed E-state index contributed by atoms with van der Waals surface area (Å²) in [6.45, 7) is 4.16. The van der Waals surface area contributed by atoms with Gasteiger partial charge >= 0.3 is 0 Å². The molecule has 0 N–H and O–H groups in total. The maximum absolute atomic E-state index is 13.2. The van der Waals surface area contributed by atoms with E-state index in [0.717, 1.165) is 65.0 Å². The number of piperidine rings is 1. The first-order valence-corrected chi connectivity index (χ1v) is 10.8. The largest absolute Gasteiger partial charge is 0.497 e. The molecule has 4 rings (SSSR count). The van der Waals surface area contributed by atoms with Crippen molar-refractivity contribution in [2.75, 3.05) is 20.2 Å². The summed E-state index contributed by atoms with van der Waals surface area (Å²) in [4.78, 5) is 27.8. The Kier molecular flexibility index (Phi) is 5.79. The topological polar surface area (TPSA) is 46.6 Å². The van der Waals surface area contributed by atoms with Crippen LogP contribution in [0.1, 0.15) is 45.4 Å². The van der Waals surface area contributed by atoms with Gasteiger partial charge < -0.3 is 4.74 Å². The Bertz CT molecular complexity index is 1060. The smallest absolute Gasteiger partial charge is 0.169 e. The van der Waals surface area contributed by atoms with Crippen LogP contribution in [0.4, 0.5) is 0 Å². The van der Waals surface area contributed by atoms with E-state index in [0.29, 0.717) is 0 Å². The summed E-state index contributed by atoms with van der Waals surface area (Å²) in [6.07, 6.45) is 1.95. The molecule has 2 heterocycles. The summed E-state index contributed by atoms with van der Waals surface area (Å²) >= 11 is 1.50. The molecule has 0 saturated carbocycles. The molecular weight excluding hydrogens is 382 g/mol. The Labute approximate surface area is 175 Å². The zero-order valence-corrected chi connectivity index (χ0v) is 17.6. The fourth-order valence-electron chi connectivity index (χ4n) is 4.05. The number of carbonyl (C=O) groups is 2. The van der Waals surface area contributed by atoms with Crippen molar-refractivity contribution in [3.63, 3.8) is 0 Å². The van der Waals surface area contributed by atoms with E-state index >= 15 is 0 Å². The predicted molar refractivity (Wildman–Crippen MR) is 117 cm³/mol. The maximum atomic E-state index is 13.2. The van der Waals surface area contributed by atoms with Gasteiger partial charge in [-0.25, -0.2) is 0 Å². The van der Waals surface area contributed by atoms with Crippen LogP contribution >= 0.6 is 11.3 Å². The predicted octanol–water partition coefficient (Wildman–Crippen LogP) is 5.21. The molecule has 2 aromatic carbocycles. The molecule has 1 aliphatic heterocycles. The van der Waals surface area contributed by atoms with Gasteiger partial charge in [-0.1, -0.05) is 18.2 Å². The van der Waals surface area contributed by atoms with E-state index in [1.807, 2.05) is 42.5 Å². The molecule has 0 unspecified atom stereocenters. The minimum absolute atomic E-state index is 0.0189. The van der Waals surface area contributed by atoms with Gasteiger partial charge in [-0.3, -0.25) is 14.5 Å². The van der Waals surface area contributed by atoms with Gasteiger partial charge in [0.1, 0.15) is 5.75 Å². The lowest BCUT2D eigenvalue weighted by atomic mass is 9.89. The molecule has 0 radical (unpaired) electrons. The average molecular weight is 408 g/mol. The summed E-state index contributed by atoms with van der Waals surface area (Å²) in [6, 6.07) is 13.8. The zero-order chi connectivity index (χ0) is 20.4. The number of ether oxygens (including phenoxy) is 1.